The van der Waals surface area contributed by atoms with E-state index in [0.717, 1.165) is 36.1 Å². The van der Waals surface area contributed by atoms with E-state index in [-0.39, 0.29) is 11.1 Å². The lowest BCUT2D eigenvalue weighted by atomic mass is 10.1. The predicted molar refractivity (Wildman–Crippen MR) is 212 cm³/mol. The highest BCUT2D eigenvalue weighted by atomic mass is 32.2. The molecule has 2 aliphatic rings. The Labute approximate surface area is 333 Å². The number of carbonyl (C=O) groups excluding carboxylic acids is 2. The van der Waals surface area contributed by atoms with Gasteiger partial charge in [0.05, 0.1) is 36.1 Å². The first-order valence-electron chi connectivity index (χ1n) is 17.4. The Kier molecular flexibility index (Phi) is 18.2. The van der Waals surface area contributed by atoms with Crippen LogP contribution >= 0.6 is 23.5 Å². The summed E-state index contributed by atoms with van der Waals surface area (Å²) in [5.74, 6) is -0.0883. The van der Waals surface area contributed by atoms with E-state index in [0.29, 0.717) is 24.0 Å². The molecule has 2 heterocycles. The van der Waals surface area contributed by atoms with Crippen molar-refractivity contribution < 1.29 is 57.8 Å². The first-order chi connectivity index (χ1) is 27.2. The Balaban J connectivity index is 0.000000198. The predicted octanol–water partition coefficient (Wildman–Crippen LogP) is 5.08. The van der Waals surface area contributed by atoms with Gasteiger partial charge >= 0.3 is 23.9 Å². The molecule has 0 saturated carbocycles. The van der Waals surface area contributed by atoms with Crippen molar-refractivity contribution in [3.05, 3.63) is 120 Å². The lowest BCUT2D eigenvalue weighted by molar-refractivity contribution is -0.166. The summed E-state index contributed by atoms with van der Waals surface area (Å²) in [4.78, 5) is 46.8. The second-order valence-electron chi connectivity index (χ2n) is 11.6. The van der Waals surface area contributed by atoms with Crippen LogP contribution in [-0.4, -0.2) is 109 Å². The van der Waals surface area contributed by atoms with Crippen LogP contribution in [0.5, 0.6) is 23.0 Å². The smallest absolute Gasteiger partial charge is 0.349 e. The van der Waals surface area contributed by atoms with E-state index in [1.54, 1.807) is 26.4 Å². The lowest BCUT2D eigenvalue weighted by Crippen LogP contribution is -2.45. The van der Waals surface area contributed by atoms with Crippen LogP contribution in [0.25, 0.3) is 0 Å². The van der Waals surface area contributed by atoms with E-state index in [9.17, 15) is 29.4 Å². The number of rotatable bonds is 15. The van der Waals surface area contributed by atoms with Crippen molar-refractivity contribution in [1.82, 2.24) is 10.6 Å². The van der Waals surface area contributed by atoms with Crippen molar-refractivity contribution in [3.63, 3.8) is 0 Å². The first kappa shape index (κ1) is 43.3. The van der Waals surface area contributed by atoms with Crippen LogP contribution < -0.4 is 29.6 Å². The second-order valence-corrected chi connectivity index (χ2v) is 14.2. The average molecular weight is 809 g/mol. The molecule has 56 heavy (non-hydrogen) atoms. The van der Waals surface area contributed by atoms with Gasteiger partial charge in [-0.25, -0.2) is 19.2 Å². The molecule has 16 heteroatoms. The SMILES string of the molecule is COc1ccccc1OCC1NCCS1.COc1ccccc1OCC1NCCS1.O=C(OC(C(=O)O)C(OC(=O)c1ccccc1)C(=O)O)c1ccccc1. The number of esters is 2. The maximum atomic E-state index is 12.0. The summed E-state index contributed by atoms with van der Waals surface area (Å²) in [5.41, 5.74) is 0.0505. The molecule has 0 radical (unpaired) electrons. The number of hydrogen-bond donors (Lipinski definition) is 4. The number of carbonyl (C=O) groups is 4. The van der Waals surface area contributed by atoms with E-state index >= 15 is 0 Å². The zero-order chi connectivity index (χ0) is 40.1. The fourth-order valence-corrected chi connectivity index (χ4v) is 6.82. The Morgan fingerprint density at radius 2 is 0.911 bits per heavy atom. The van der Waals surface area contributed by atoms with Crippen LogP contribution in [0.1, 0.15) is 20.7 Å². The van der Waals surface area contributed by atoms with Gasteiger partial charge < -0.3 is 49.3 Å². The van der Waals surface area contributed by atoms with E-state index in [1.165, 1.54) is 60.0 Å². The van der Waals surface area contributed by atoms with E-state index in [2.05, 4.69) is 10.6 Å². The van der Waals surface area contributed by atoms with Gasteiger partial charge in [0.1, 0.15) is 13.2 Å². The first-order valence-corrected chi connectivity index (χ1v) is 19.5. The fraction of sp³-hybridized carbons (Fsp3) is 0.300. The molecule has 0 aliphatic carbocycles. The highest BCUT2D eigenvalue weighted by Crippen LogP contribution is 2.28. The molecule has 4 atom stereocenters. The topological polar surface area (TPSA) is 188 Å². The van der Waals surface area contributed by atoms with Crippen LogP contribution in [0.2, 0.25) is 0 Å². The largest absolute Gasteiger partial charge is 0.493 e. The molecular weight excluding hydrogens is 765 g/mol. The number of hydrogen-bond acceptors (Lipinski definition) is 14. The zero-order valence-electron chi connectivity index (χ0n) is 30.7. The van der Waals surface area contributed by atoms with Crippen LogP contribution in [-0.2, 0) is 19.1 Å². The molecule has 6 rings (SSSR count). The summed E-state index contributed by atoms with van der Waals surface area (Å²) in [6.07, 6.45) is -4.43. The van der Waals surface area contributed by atoms with Crippen molar-refractivity contribution in [1.29, 1.82) is 0 Å². The molecule has 2 fully saturated rings. The number of thioether (sulfide) groups is 2. The van der Waals surface area contributed by atoms with Crippen LogP contribution in [0.4, 0.5) is 0 Å². The van der Waals surface area contributed by atoms with Crippen LogP contribution in [0.3, 0.4) is 0 Å². The maximum Gasteiger partial charge on any atom is 0.349 e. The van der Waals surface area contributed by atoms with E-state index in [4.69, 9.17) is 28.4 Å². The molecule has 4 unspecified atom stereocenters. The third kappa shape index (κ3) is 14.0. The summed E-state index contributed by atoms with van der Waals surface area (Å²) in [5, 5.41) is 26.0. The molecule has 2 aliphatic heterocycles. The van der Waals surface area contributed by atoms with Crippen LogP contribution in [0.15, 0.2) is 109 Å². The van der Waals surface area contributed by atoms with Crippen molar-refractivity contribution in [3.8, 4) is 23.0 Å². The summed E-state index contributed by atoms with van der Waals surface area (Å²) < 4.78 is 31.3. The summed E-state index contributed by atoms with van der Waals surface area (Å²) in [7, 11) is 3.32. The normalized spacial score (nSPS) is 16.6. The summed E-state index contributed by atoms with van der Waals surface area (Å²) in [6, 6.07) is 30.3. The Hall–Kier alpha value is -5.42. The number of nitrogens with one attached hydrogen (secondary N) is 2. The molecular formula is C40H44N2O12S2. The van der Waals surface area contributed by atoms with Crippen molar-refractivity contribution in [2.24, 2.45) is 0 Å². The quantitative estimate of drug-likeness (QED) is 0.116. The molecule has 4 aromatic rings. The Morgan fingerprint density at radius 1 is 0.571 bits per heavy atom. The van der Waals surface area contributed by atoms with Crippen molar-refractivity contribution in [2.75, 3.05) is 52.0 Å². The van der Waals surface area contributed by atoms with Gasteiger partial charge in [0.25, 0.3) is 0 Å². The average Bonchev–Trinajstić information content (AvgIpc) is 3.97. The zero-order valence-corrected chi connectivity index (χ0v) is 32.4. The molecule has 2 saturated heterocycles. The van der Waals surface area contributed by atoms with Gasteiger partial charge in [-0.05, 0) is 48.5 Å². The minimum Gasteiger partial charge on any atom is -0.493 e. The number of ether oxygens (including phenoxy) is 6. The van der Waals surface area contributed by atoms with Gasteiger partial charge in [-0.1, -0.05) is 60.7 Å². The molecule has 4 aromatic carbocycles. The fourth-order valence-electron chi connectivity index (χ4n) is 4.98. The van der Waals surface area contributed by atoms with Crippen molar-refractivity contribution in [2.45, 2.75) is 23.0 Å². The summed E-state index contributed by atoms with van der Waals surface area (Å²) in [6.45, 7) is 3.52. The van der Waals surface area contributed by atoms with Gasteiger partial charge in [-0.3, -0.25) is 0 Å². The Bertz CT molecular complexity index is 1690. The van der Waals surface area contributed by atoms with Gasteiger partial charge in [0.15, 0.2) is 23.0 Å². The number of carboxylic acids is 2. The minimum atomic E-state index is -2.21. The molecule has 0 bridgehead atoms. The molecule has 4 N–H and O–H groups in total. The molecule has 0 spiro atoms. The third-order valence-electron chi connectivity index (χ3n) is 7.75. The number of benzene rings is 4. The van der Waals surface area contributed by atoms with Gasteiger partial charge in [0.2, 0.25) is 12.2 Å². The molecule has 14 nitrogen and oxygen atoms in total. The third-order valence-corrected chi connectivity index (χ3v) is 10.0. The molecule has 0 amide bonds. The van der Waals surface area contributed by atoms with E-state index in [1.807, 2.05) is 72.1 Å². The number of para-hydroxylation sites is 4. The minimum absolute atomic E-state index is 0.0253. The molecule has 298 valence electrons. The van der Waals surface area contributed by atoms with E-state index < -0.39 is 36.1 Å². The highest BCUT2D eigenvalue weighted by molar-refractivity contribution is 8.00. The maximum absolute atomic E-state index is 12.0. The number of aliphatic carboxylic acids is 2. The standard InChI is InChI=1S/C18H14O8.2C11H15NO2S/c19-15(20)13(25-17(23)11-7-3-1-4-8-11)14(16(21)22)26-18(24)12-9-5-2-6-10-12;2*1-13-9-4-2-3-5-10(9)14-8-11-12-6-7-15-11/h1-10,13-14H,(H,19,20)(H,21,22);2*2-5,11-12H,6-8H2,1H3. The number of carboxylic acid groups (broad SMARTS) is 2. The molecule has 0 aromatic heterocycles. The second kappa shape index (κ2) is 23.5. The van der Waals surface area contributed by atoms with Crippen LogP contribution in [0, 0.1) is 0 Å². The lowest BCUT2D eigenvalue weighted by Gasteiger charge is -2.21. The van der Waals surface area contributed by atoms with Gasteiger partial charge in [-0.15, -0.1) is 23.5 Å². The summed E-state index contributed by atoms with van der Waals surface area (Å²) >= 11 is 3.80. The van der Waals surface area contributed by atoms with Gasteiger partial charge in [0, 0.05) is 24.6 Å². The van der Waals surface area contributed by atoms with Gasteiger partial charge in [-0.2, -0.15) is 0 Å². The monoisotopic (exact) mass is 808 g/mol. The highest BCUT2D eigenvalue weighted by Gasteiger charge is 2.41. The number of methoxy groups -OCH3 is 2. The Morgan fingerprint density at radius 3 is 1.21 bits per heavy atom. The van der Waals surface area contributed by atoms with Crippen molar-refractivity contribution >= 4 is 47.4 Å².